The molecule has 0 amide bonds. The first-order valence-electron chi connectivity index (χ1n) is 33.8. The van der Waals surface area contributed by atoms with E-state index in [1.807, 2.05) is 0 Å². The summed E-state index contributed by atoms with van der Waals surface area (Å²) >= 11 is 0. The number of carbonyl (C=O) groups excluding carboxylic acids is 3. The van der Waals surface area contributed by atoms with Gasteiger partial charge in [-0.2, -0.15) is 0 Å². The van der Waals surface area contributed by atoms with Gasteiger partial charge in [0.2, 0.25) is 0 Å². The van der Waals surface area contributed by atoms with Gasteiger partial charge in [-0.3, -0.25) is 14.4 Å². The molecule has 0 bridgehead atoms. The Kier molecular flexibility index (Phi) is 63.2. The van der Waals surface area contributed by atoms with Gasteiger partial charge in [0.05, 0.1) is 0 Å². The number of carbonyl (C=O) groups is 3. The largest absolute Gasteiger partial charge is 0.462 e. The molecular weight excluding hydrogens is 949 g/mol. The van der Waals surface area contributed by atoms with Crippen LogP contribution in [0.2, 0.25) is 0 Å². The summed E-state index contributed by atoms with van der Waals surface area (Å²) in [4.78, 5) is 37.9. The van der Waals surface area contributed by atoms with Crippen LogP contribution in [-0.2, 0) is 28.6 Å². The first-order chi connectivity index (χ1) is 38.0. The van der Waals surface area contributed by atoms with Crippen LogP contribution in [0.5, 0.6) is 0 Å². The van der Waals surface area contributed by atoms with E-state index in [0.717, 1.165) is 89.9 Å². The van der Waals surface area contributed by atoms with Crippen molar-refractivity contribution in [1.29, 1.82) is 0 Å². The average molecular weight is 1080 g/mol. The van der Waals surface area contributed by atoms with Crippen LogP contribution in [0.3, 0.4) is 0 Å². The standard InChI is InChI=1S/C71H128O6/c1-4-7-10-13-15-17-19-21-23-25-27-28-29-30-31-32-33-34-35-36-37-38-39-40-41-42-44-45-47-49-51-53-55-58-61-64-70(73)76-67-68(66-75-69(72)63-60-57-12-9-6-3)77-71(74)65-62-59-56-54-52-50-48-46-43-26-24-22-20-18-16-14-11-8-5-2/h16,18-19,21-22,24-25,27,43,46,68H,4-15,17,20,23,26,28-42,44-45,47-67H2,1-3H3/b18-16-,21-19-,24-22-,27-25-,46-43-. The molecule has 0 aliphatic heterocycles. The second-order valence-electron chi connectivity index (χ2n) is 22.7. The summed E-state index contributed by atoms with van der Waals surface area (Å²) in [7, 11) is 0. The van der Waals surface area contributed by atoms with E-state index in [9.17, 15) is 14.4 Å². The third kappa shape index (κ3) is 63.8. The molecule has 0 fully saturated rings. The maximum absolute atomic E-state index is 12.8. The summed E-state index contributed by atoms with van der Waals surface area (Å²) in [6, 6.07) is 0. The highest BCUT2D eigenvalue weighted by molar-refractivity contribution is 5.71. The van der Waals surface area contributed by atoms with Gasteiger partial charge < -0.3 is 14.2 Å². The molecule has 0 aliphatic rings. The Bertz CT molecular complexity index is 1380. The molecule has 0 aliphatic carbocycles. The van der Waals surface area contributed by atoms with Gasteiger partial charge in [0.1, 0.15) is 13.2 Å². The van der Waals surface area contributed by atoms with Gasteiger partial charge in [-0.15, -0.1) is 0 Å². The van der Waals surface area contributed by atoms with Gasteiger partial charge in [0.15, 0.2) is 6.10 Å². The zero-order valence-electron chi connectivity index (χ0n) is 51.5. The maximum atomic E-state index is 12.8. The normalized spacial score (nSPS) is 12.4. The Labute approximate surface area is 479 Å². The molecule has 1 atom stereocenters. The van der Waals surface area contributed by atoms with Crippen molar-refractivity contribution >= 4 is 17.9 Å². The van der Waals surface area contributed by atoms with Gasteiger partial charge in [-0.25, -0.2) is 0 Å². The van der Waals surface area contributed by atoms with Crippen LogP contribution in [0.1, 0.15) is 355 Å². The molecule has 1 unspecified atom stereocenters. The SMILES string of the molecule is CCCCC/C=C\C/C=C\C/C=C\CCCCCCCCC(=O)OC(COC(=O)CCCCCCC)COC(=O)CCCCCCCCCCCCCCCCCCCCCCCCC/C=C\C/C=C\CCCCCCC. The monoisotopic (exact) mass is 1080 g/mol. The van der Waals surface area contributed by atoms with Gasteiger partial charge in [-0.05, 0) is 89.9 Å². The van der Waals surface area contributed by atoms with E-state index in [1.165, 1.54) is 225 Å². The van der Waals surface area contributed by atoms with Crippen LogP contribution in [-0.4, -0.2) is 37.2 Å². The van der Waals surface area contributed by atoms with Crippen molar-refractivity contribution < 1.29 is 28.6 Å². The van der Waals surface area contributed by atoms with Crippen molar-refractivity contribution in [2.24, 2.45) is 0 Å². The Morgan fingerprint density at radius 1 is 0.260 bits per heavy atom. The third-order valence-electron chi connectivity index (χ3n) is 15.0. The summed E-state index contributed by atoms with van der Waals surface area (Å²) in [6.45, 7) is 6.55. The van der Waals surface area contributed by atoms with Gasteiger partial charge in [0.25, 0.3) is 0 Å². The van der Waals surface area contributed by atoms with E-state index in [-0.39, 0.29) is 31.1 Å². The fourth-order valence-electron chi connectivity index (χ4n) is 9.89. The molecule has 6 nitrogen and oxygen atoms in total. The summed E-state index contributed by atoms with van der Waals surface area (Å²) < 4.78 is 16.8. The van der Waals surface area contributed by atoms with E-state index in [2.05, 4.69) is 81.5 Å². The molecule has 0 saturated heterocycles. The third-order valence-corrected chi connectivity index (χ3v) is 15.0. The quantitative estimate of drug-likeness (QED) is 0.0261. The fourth-order valence-corrected chi connectivity index (χ4v) is 9.89. The lowest BCUT2D eigenvalue weighted by molar-refractivity contribution is -0.167. The van der Waals surface area contributed by atoms with E-state index >= 15 is 0 Å². The number of ether oxygens (including phenoxy) is 3. The van der Waals surface area contributed by atoms with Gasteiger partial charge >= 0.3 is 17.9 Å². The smallest absolute Gasteiger partial charge is 0.306 e. The molecule has 0 heterocycles. The first kappa shape index (κ1) is 74.1. The minimum Gasteiger partial charge on any atom is -0.462 e. The molecule has 0 aromatic heterocycles. The van der Waals surface area contributed by atoms with E-state index < -0.39 is 6.10 Å². The summed E-state index contributed by atoms with van der Waals surface area (Å²) in [5.74, 6) is -0.887. The number of hydrogen-bond acceptors (Lipinski definition) is 6. The molecule has 0 saturated carbocycles. The lowest BCUT2D eigenvalue weighted by Gasteiger charge is -2.18. The Morgan fingerprint density at radius 3 is 0.753 bits per heavy atom. The van der Waals surface area contributed by atoms with Crippen molar-refractivity contribution in [2.75, 3.05) is 13.2 Å². The highest BCUT2D eigenvalue weighted by Crippen LogP contribution is 2.18. The van der Waals surface area contributed by atoms with Crippen LogP contribution in [0.25, 0.3) is 0 Å². The molecule has 77 heavy (non-hydrogen) atoms. The number of allylic oxidation sites excluding steroid dienone is 10. The van der Waals surface area contributed by atoms with Crippen LogP contribution in [0.4, 0.5) is 0 Å². The molecule has 0 radical (unpaired) electrons. The lowest BCUT2D eigenvalue weighted by Crippen LogP contribution is -2.30. The van der Waals surface area contributed by atoms with E-state index in [1.54, 1.807) is 0 Å². The molecule has 0 aromatic carbocycles. The van der Waals surface area contributed by atoms with Crippen molar-refractivity contribution in [1.82, 2.24) is 0 Å². The molecular formula is C71H128O6. The lowest BCUT2D eigenvalue weighted by atomic mass is 10.0. The molecule has 6 heteroatoms. The highest BCUT2D eigenvalue weighted by atomic mass is 16.6. The Hall–Kier alpha value is -2.89. The van der Waals surface area contributed by atoms with Crippen LogP contribution < -0.4 is 0 Å². The predicted octanol–water partition coefficient (Wildman–Crippen LogP) is 23.1. The van der Waals surface area contributed by atoms with Crippen LogP contribution in [0.15, 0.2) is 60.8 Å². The summed E-state index contributed by atoms with van der Waals surface area (Å²) in [6.07, 6.45) is 84.5. The van der Waals surface area contributed by atoms with E-state index in [0.29, 0.717) is 19.3 Å². The number of rotatable bonds is 62. The van der Waals surface area contributed by atoms with Crippen molar-refractivity contribution in [3.05, 3.63) is 60.8 Å². The second kappa shape index (κ2) is 65.6. The van der Waals surface area contributed by atoms with Crippen LogP contribution >= 0.6 is 0 Å². The van der Waals surface area contributed by atoms with Crippen molar-refractivity contribution in [3.8, 4) is 0 Å². The Balaban J connectivity index is 3.90. The van der Waals surface area contributed by atoms with Gasteiger partial charge in [0, 0.05) is 19.3 Å². The number of hydrogen-bond donors (Lipinski definition) is 0. The summed E-state index contributed by atoms with van der Waals surface area (Å²) in [5, 5.41) is 0. The molecule has 0 spiro atoms. The van der Waals surface area contributed by atoms with Crippen LogP contribution in [0, 0.1) is 0 Å². The molecule has 0 N–H and O–H groups in total. The minimum absolute atomic E-state index is 0.0762. The fraction of sp³-hybridized carbons (Fsp3) is 0.817. The van der Waals surface area contributed by atoms with Crippen molar-refractivity contribution in [3.63, 3.8) is 0 Å². The topological polar surface area (TPSA) is 78.9 Å². The molecule has 448 valence electrons. The minimum atomic E-state index is -0.776. The zero-order chi connectivity index (χ0) is 55.7. The van der Waals surface area contributed by atoms with Crippen molar-refractivity contribution in [2.45, 2.75) is 361 Å². The predicted molar refractivity (Wildman–Crippen MR) is 335 cm³/mol. The average Bonchev–Trinajstić information content (AvgIpc) is 3.43. The maximum Gasteiger partial charge on any atom is 0.306 e. The number of esters is 3. The first-order valence-corrected chi connectivity index (χ1v) is 33.8. The molecule has 0 rings (SSSR count). The highest BCUT2D eigenvalue weighted by Gasteiger charge is 2.19. The number of unbranched alkanes of at least 4 members (excludes halogenated alkanes) is 41. The summed E-state index contributed by atoms with van der Waals surface area (Å²) in [5.41, 5.74) is 0. The molecule has 0 aromatic rings. The van der Waals surface area contributed by atoms with Gasteiger partial charge in [-0.1, -0.05) is 306 Å². The second-order valence-corrected chi connectivity index (χ2v) is 22.7. The Morgan fingerprint density at radius 2 is 0.468 bits per heavy atom. The zero-order valence-corrected chi connectivity index (χ0v) is 51.5. The van der Waals surface area contributed by atoms with E-state index in [4.69, 9.17) is 14.2 Å².